The molecule has 20 heavy (non-hydrogen) atoms. The zero-order chi connectivity index (χ0) is 14.7. The van der Waals surface area contributed by atoms with E-state index in [1.54, 1.807) is 0 Å². The number of aromatic amines is 1. The first-order valence-electron chi connectivity index (χ1n) is 6.51. The Morgan fingerprint density at radius 3 is 2.50 bits per heavy atom. The quantitative estimate of drug-likeness (QED) is 0.880. The van der Waals surface area contributed by atoms with Gasteiger partial charge in [0.15, 0.2) is 0 Å². The molecule has 6 nitrogen and oxygen atoms in total. The lowest BCUT2D eigenvalue weighted by Crippen LogP contribution is -2.33. The molecule has 0 aliphatic heterocycles. The van der Waals surface area contributed by atoms with Gasteiger partial charge in [-0.1, -0.05) is 31.5 Å². The number of nitrogens with zero attached hydrogens (tertiary/aromatic N) is 2. The zero-order valence-corrected chi connectivity index (χ0v) is 11.8. The summed E-state index contributed by atoms with van der Waals surface area (Å²) in [6, 6.07) is 7.44. The number of aromatic nitrogens is 3. The lowest BCUT2D eigenvalue weighted by molar-refractivity contribution is 0.677. The van der Waals surface area contributed by atoms with Gasteiger partial charge in [0, 0.05) is 6.54 Å². The summed E-state index contributed by atoms with van der Waals surface area (Å²) in [5.74, 6) is 0.633. The first-order valence-corrected chi connectivity index (χ1v) is 6.51. The van der Waals surface area contributed by atoms with Crippen molar-refractivity contribution in [3.8, 4) is 5.69 Å². The third-order valence-corrected chi connectivity index (χ3v) is 2.80. The maximum absolute atomic E-state index is 12.0. The molecule has 6 heteroatoms. The second-order valence-corrected chi connectivity index (χ2v) is 5.12. The Labute approximate surface area is 116 Å². The Bertz CT molecular complexity index is 698. The molecular weight excluding hydrogens is 256 g/mol. The fraction of sp³-hybridized carbons (Fsp3) is 0.357. The Kier molecular flexibility index (Phi) is 4.02. The lowest BCUT2D eigenvalue weighted by Gasteiger charge is -2.13. The van der Waals surface area contributed by atoms with Crippen LogP contribution in [0.25, 0.3) is 5.69 Å². The highest BCUT2D eigenvalue weighted by Crippen LogP contribution is 2.11. The molecule has 0 radical (unpaired) electrons. The minimum absolute atomic E-state index is 0.260. The molecule has 2 rings (SSSR count). The summed E-state index contributed by atoms with van der Waals surface area (Å²) in [6.07, 6.45) is 0. The van der Waals surface area contributed by atoms with Crippen LogP contribution in [0.4, 0.5) is 5.95 Å². The number of nitrogens with one attached hydrogen (secondary N) is 2. The Morgan fingerprint density at radius 1 is 1.25 bits per heavy atom. The molecule has 0 fully saturated rings. The maximum Gasteiger partial charge on any atom is 0.352 e. The van der Waals surface area contributed by atoms with E-state index in [0.29, 0.717) is 18.2 Å². The third kappa shape index (κ3) is 3.14. The van der Waals surface area contributed by atoms with Gasteiger partial charge in [0.25, 0.3) is 0 Å². The summed E-state index contributed by atoms with van der Waals surface area (Å²) in [5, 5.41) is 3.04. The van der Waals surface area contributed by atoms with E-state index in [9.17, 15) is 9.59 Å². The molecule has 1 aromatic carbocycles. The van der Waals surface area contributed by atoms with E-state index in [4.69, 9.17) is 0 Å². The molecule has 0 unspecified atom stereocenters. The Balaban J connectivity index is 2.52. The van der Waals surface area contributed by atoms with E-state index >= 15 is 0 Å². The van der Waals surface area contributed by atoms with Gasteiger partial charge in [-0.05, 0) is 25.0 Å². The highest BCUT2D eigenvalue weighted by Gasteiger charge is 2.10. The minimum atomic E-state index is -0.649. The van der Waals surface area contributed by atoms with Crippen LogP contribution in [0.1, 0.15) is 19.4 Å². The standard InChI is InChI=1S/C14H18N4O2/c1-9(2)8-15-12-16-13(19)17-14(20)18(12)11-6-4-10(3)5-7-11/h4-7,9H,8H2,1-3H3,(H2,15,16,17,19,20). The number of benzene rings is 1. The Hall–Kier alpha value is -2.37. The van der Waals surface area contributed by atoms with Gasteiger partial charge in [-0.15, -0.1) is 0 Å². The van der Waals surface area contributed by atoms with Crippen LogP contribution in [0.5, 0.6) is 0 Å². The van der Waals surface area contributed by atoms with E-state index in [0.717, 1.165) is 5.56 Å². The molecule has 106 valence electrons. The molecule has 2 N–H and O–H groups in total. The smallest absolute Gasteiger partial charge is 0.352 e. The van der Waals surface area contributed by atoms with Crippen LogP contribution in [0.2, 0.25) is 0 Å². The van der Waals surface area contributed by atoms with Crippen LogP contribution in [-0.2, 0) is 0 Å². The SMILES string of the molecule is Cc1ccc(-n2c(NCC(C)C)nc(=O)[nH]c2=O)cc1. The van der Waals surface area contributed by atoms with Crippen LogP contribution in [0.3, 0.4) is 0 Å². The highest BCUT2D eigenvalue weighted by molar-refractivity contribution is 5.41. The van der Waals surface area contributed by atoms with Crippen LogP contribution in [-0.4, -0.2) is 21.1 Å². The molecule has 0 bridgehead atoms. The molecule has 0 aliphatic carbocycles. The molecule has 0 aliphatic rings. The fourth-order valence-corrected chi connectivity index (χ4v) is 1.77. The monoisotopic (exact) mass is 274 g/mol. The van der Waals surface area contributed by atoms with E-state index in [-0.39, 0.29) is 5.95 Å². The van der Waals surface area contributed by atoms with Gasteiger partial charge < -0.3 is 5.32 Å². The van der Waals surface area contributed by atoms with E-state index < -0.39 is 11.4 Å². The first kappa shape index (κ1) is 14.0. The second kappa shape index (κ2) is 5.73. The molecule has 2 aromatic rings. The highest BCUT2D eigenvalue weighted by atomic mass is 16.2. The van der Waals surface area contributed by atoms with Gasteiger partial charge in [-0.25, -0.2) is 14.2 Å². The topological polar surface area (TPSA) is 79.8 Å². The van der Waals surface area contributed by atoms with Gasteiger partial charge in [-0.3, -0.25) is 4.98 Å². The number of aryl methyl sites for hydroxylation is 1. The molecule has 0 spiro atoms. The molecular formula is C14H18N4O2. The summed E-state index contributed by atoms with van der Waals surface area (Å²) < 4.78 is 1.36. The fourth-order valence-electron chi connectivity index (χ4n) is 1.77. The molecule has 0 atom stereocenters. The van der Waals surface area contributed by atoms with Crippen molar-refractivity contribution < 1.29 is 0 Å². The summed E-state index contributed by atoms with van der Waals surface area (Å²) in [6.45, 7) is 6.67. The second-order valence-electron chi connectivity index (χ2n) is 5.12. The average molecular weight is 274 g/mol. The molecule has 0 saturated carbocycles. The predicted octanol–water partition coefficient (Wildman–Crippen LogP) is 1.30. The predicted molar refractivity (Wildman–Crippen MR) is 78.5 cm³/mol. The van der Waals surface area contributed by atoms with Crippen molar-refractivity contribution >= 4 is 5.95 Å². The van der Waals surface area contributed by atoms with Crippen molar-refractivity contribution in [2.45, 2.75) is 20.8 Å². The van der Waals surface area contributed by atoms with Crippen LogP contribution < -0.4 is 16.7 Å². The number of anilines is 1. The van der Waals surface area contributed by atoms with Gasteiger partial charge in [0.05, 0.1) is 5.69 Å². The normalized spacial score (nSPS) is 10.8. The largest absolute Gasteiger partial charge is 0.355 e. The number of hydrogen-bond acceptors (Lipinski definition) is 4. The van der Waals surface area contributed by atoms with Gasteiger partial charge in [0.2, 0.25) is 5.95 Å². The van der Waals surface area contributed by atoms with Crippen LogP contribution >= 0.6 is 0 Å². The number of H-pyrrole nitrogens is 1. The third-order valence-electron chi connectivity index (χ3n) is 2.80. The van der Waals surface area contributed by atoms with Crippen molar-refractivity contribution in [2.75, 3.05) is 11.9 Å². The summed E-state index contributed by atoms with van der Waals surface area (Å²) in [5.41, 5.74) is 0.608. The summed E-state index contributed by atoms with van der Waals surface area (Å²) in [7, 11) is 0. The van der Waals surface area contributed by atoms with Crippen molar-refractivity contribution in [1.82, 2.24) is 14.5 Å². The summed E-state index contributed by atoms with van der Waals surface area (Å²) >= 11 is 0. The van der Waals surface area contributed by atoms with Crippen molar-refractivity contribution in [3.05, 3.63) is 50.8 Å². The summed E-state index contributed by atoms with van der Waals surface area (Å²) in [4.78, 5) is 29.4. The van der Waals surface area contributed by atoms with Crippen LogP contribution in [0.15, 0.2) is 33.9 Å². The van der Waals surface area contributed by atoms with E-state index in [2.05, 4.69) is 15.3 Å². The minimum Gasteiger partial charge on any atom is -0.355 e. The van der Waals surface area contributed by atoms with Crippen LogP contribution in [0, 0.1) is 12.8 Å². The maximum atomic E-state index is 12.0. The van der Waals surface area contributed by atoms with E-state index in [1.807, 2.05) is 45.0 Å². The molecule has 1 heterocycles. The van der Waals surface area contributed by atoms with Gasteiger partial charge >= 0.3 is 11.4 Å². The van der Waals surface area contributed by atoms with Gasteiger partial charge in [-0.2, -0.15) is 4.98 Å². The van der Waals surface area contributed by atoms with Crippen molar-refractivity contribution in [3.63, 3.8) is 0 Å². The molecule has 1 aromatic heterocycles. The lowest BCUT2D eigenvalue weighted by atomic mass is 10.2. The number of rotatable bonds is 4. The zero-order valence-electron chi connectivity index (χ0n) is 11.8. The number of hydrogen-bond donors (Lipinski definition) is 2. The van der Waals surface area contributed by atoms with Gasteiger partial charge in [0.1, 0.15) is 0 Å². The first-order chi connectivity index (χ1) is 9.47. The van der Waals surface area contributed by atoms with Crippen molar-refractivity contribution in [1.29, 1.82) is 0 Å². The molecule has 0 amide bonds. The van der Waals surface area contributed by atoms with E-state index in [1.165, 1.54) is 4.57 Å². The molecule has 0 saturated heterocycles. The average Bonchev–Trinajstić information content (AvgIpc) is 2.37. The van der Waals surface area contributed by atoms with Crippen molar-refractivity contribution in [2.24, 2.45) is 5.92 Å². The Morgan fingerprint density at radius 2 is 1.90 bits per heavy atom.